The number of hydrogen-bond acceptors (Lipinski definition) is 0. The Morgan fingerprint density at radius 3 is 1.93 bits per heavy atom. The summed E-state index contributed by atoms with van der Waals surface area (Å²) in [5, 5.41) is 0. The van der Waals surface area contributed by atoms with Crippen LogP contribution in [0.5, 0.6) is 0 Å². The maximum absolute atomic E-state index is 2.90. The van der Waals surface area contributed by atoms with E-state index in [1.807, 2.05) is 0 Å². The van der Waals surface area contributed by atoms with E-state index in [0.717, 1.165) is 0 Å². The first-order valence-electron chi connectivity index (χ1n) is 5.14. The van der Waals surface area contributed by atoms with Gasteiger partial charge in [0.15, 0.2) is 0 Å². The van der Waals surface area contributed by atoms with Crippen LogP contribution in [0.15, 0.2) is 54.6 Å². The summed E-state index contributed by atoms with van der Waals surface area (Å²) in [5.74, 6) is 0. The van der Waals surface area contributed by atoms with Crippen LogP contribution in [-0.4, -0.2) is 0 Å². The van der Waals surface area contributed by atoms with Gasteiger partial charge < -0.3 is 0 Å². The van der Waals surface area contributed by atoms with E-state index in [4.69, 9.17) is 0 Å². The van der Waals surface area contributed by atoms with Gasteiger partial charge in [-0.15, -0.1) is 9.24 Å². The Morgan fingerprint density at radius 2 is 1.33 bits per heavy atom. The zero-order valence-electron chi connectivity index (χ0n) is 8.85. The van der Waals surface area contributed by atoms with Gasteiger partial charge in [-0.3, -0.25) is 0 Å². The van der Waals surface area contributed by atoms with Crippen LogP contribution < -0.4 is 0 Å². The van der Waals surface area contributed by atoms with Crippen molar-refractivity contribution in [1.29, 1.82) is 0 Å². The minimum Gasteiger partial charge on any atom is -0.125 e. The summed E-state index contributed by atoms with van der Waals surface area (Å²) in [6.07, 6.45) is 0. The van der Waals surface area contributed by atoms with E-state index in [0.29, 0.717) is 5.66 Å². The predicted molar refractivity (Wildman–Crippen MR) is 69.2 cm³/mol. The van der Waals surface area contributed by atoms with Crippen LogP contribution in [0, 0.1) is 6.92 Å². The average Bonchev–Trinajstić information content (AvgIpc) is 2.30. The van der Waals surface area contributed by atoms with Gasteiger partial charge in [0, 0.05) is 5.66 Å². The van der Waals surface area contributed by atoms with Crippen molar-refractivity contribution in [1.82, 2.24) is 0 Å². The summed E-state index contributed by atoms with van der Waals surface area (Å²) in [5.41, 5.74) is 4.39. The molecule has 0 aromatic heterocycles. The first-order valence-corrected chi connectivity index (χ1v) is 5.81. The normalized spacial score (nSPS) is 12.4. The SMILES string of the molecule is Cc1ccc(C(P)c2ccccc2)cc1. The third-order valence-corrected chi connectivity index (χ3v) is 3.36. The molecule has 0 saturated carbocycles. The second kappa shape index (κ2) is 4.59. The molecule has 0 heterocycles. The lowest BCUT2D eigenvalue weighted by atomic mass is 10.0. The van der Waals surface area contributed by atoms with E-state index < -0.39 is 0 Å². The van der Waals surface area contributed by atoms with Crippen LogP contribution in [0.3, 0.4) is 0 Å². The summed E-state index contributed by atoms with van der Waals surface area (Å²) >= 11 is 0. The third kappa shape index (κ3) is 2.46. The fraction of sp³-hybridized carbons (Fsp3) is 0.143. The molecule has 0 N–H and O–H groups in total. The molecular weight excluding hydrogens is 199 g/mol. The maximum atomic E-state index is 2.90. The second-order valence-corrected chi connectivity index (χ2v) is 4.47. The molecule has 2 aromatic carbocycles. The molecule has 0 aliphatic rings. The fourth-order valence-electron chi connectivity index (χ4n) is 1.63. The lowest BCUT2D eigenvalue weighted by molar-refractivity contribution is 1.15. The smallest absolute Gasteiger partial charge is 0.0234 e. The van der Waals surface area contributed by atoms with Crippen LogP contribution in [0.4, 0.5) is 0 Å². The molecule has 0 fully saturated rings. The molecule has 0 bridgehead atoms. The zero-order valence-corrected chi connectivity index (χ0v) is 10.0. The Labute approximate surface area is 93.5 Å². The molecule has 2 unspecified atom stereocenters. The van der Waals surface area contributed by atoms with Gasteiger partial charge in [0.2, 0.25) is 0 Å². The van der Waals surface area contributed by atoms with Crippen molar-refractivity contribution in [3.8, 4) is 0 Å². The minimum atomic E-state index is 0.395. The van der Waals surface area contributed by atoms with Crippen molar-refractivity contribution in [2.45, 2.75) is 12.6 Å². The highest BCUT2D eigenvalue weighted by molar-refractivity contribution is 7.17. The molecule has 0 aliphatic carbocycles. The molecule has 0 spiro atoms. The van der Waals surface area contributed by atoms with Gasteiger partial charge in [-0.25, -0.2) is 0 Å². The zero-order chi connectivity index (χ0) is 10.7. The van der Waals surface area contributed by atoms with Gasteiger partial charge in [-0.2, -0.15) is 0 Å². The Morgan fingerprint density at radius 1 is 0.800 bits per heavy atom. The number of aryl methyl sites for hydroxylation is 1. The Kier molecular flexibility index (Phi) is 3.18. The molecule has 15 heavy (non-hydrogen) atoms. The topological polar surface area (TPSA) is 0 Å². The molecule has 2 atom stereocenters. The summed E-state index contributed by atoms with van der Waals surface area (Å²) in [6, 6.07) is 19.3. The van der Waals surface area contributed by atoms with Crippen molar-refractivity contribution in [3.63, 3.8) is 0 Å². The lowest BCUT2D eigenvalue weighted by Crippen LogP contribution is -1.91. The number of hydrogen-bond donors (Lipinski definition) is 0. The Hall–Kier alpha value is -1.13. The summed E-state index contributed by atoms with van der Waals surface area (Å²) in [6.45, 7) is 2.12. The average molecular weight is 214 g/mol. The molecular formula is C14H15P. The molecule has 2 aromatic rings. The van der Waals surface area contributed by atoms with Crippen LogP contribution in [0.1, 0.15) is 22.3 Å². The number of benzene rings is 2. The van der Waals surface area contributed by atoms with Crippen LogP contribution in [0.2, 0.25) is 0 Å². The van der Waals surface area contributed by atoms with Crippen molar-refractivity contribution < 1.29 is 0 Å². The summed E-state index contributed by atoms with van der Waals surface area (Å²) < 4.78 is 0. The van der Waals surface area contributed by atoms with Crippen molar-refractivity contribution in [2.24, 2.45) is 0 Å². The van der Waals surface area contributed by atoms with Crippen LogP contribution in [-0.2, 0) is 0 Å². The molecule has 2 rings (SSSR count). The first kappa shape index (κ1) is 10.4. The van der Waals surface area contributed by atoms with Gasteiger partial charge in [-0.1, -0.05) is 60.2 Å². The molecule has 0 aliphatic heterocycles. The van der Waals surface area contributed by atoms with E-state index in [9.17, 15) is 0 Å². The molecule has 76 valence electrons. The molecule has 0 saturated heterocycles. The van der Waals surface area contributed by atoms with Crippen LogP contribution in [0.25, 0.3) is 0 Å². The molecule has 1 heteroatoms. The Bertz CT molecular complexity index is 417. The maximum Gasteiger partial charge on any atom is 0.0234 e. The van der Waals surface area contributed by atoms with Crippen molar-refractivity contribution >= 4 is 9.24 Å². The first-order chi connectivity index (χ1) is 7.27. The lowest BCUT2D eigenvalue weighted by Gasteiger charge is -2.12. The summed E-state index contributed by atoms with van der Waals surface area (Å²) in [4.78, 5) is 0. The van der Waals surface area contributed by atoms with Gasteiger partial charge in [0.25, 0.3) is 0 Å². The second-order valence-electron chi connectivity index (χ2n) is 3.80. The highest BCUT2D eigenvalue weighted by Gasteiger charge is 2.06. The highest BCUT2D eigenvalue weighted by atomic mass is 31.0. The largest absolute Gasteiger partial charge is 0.125 e. The summed E-state index contributed by atoms with van der Waals surface area (Å²) in [7, 11) is 2.90. The molecule has 0 nitrogen and oxygen atoms in total. The van der Waals surface area contributed by atoms with E-state index in [2.05, 4.69) is 70.8 Å². The quantitative estimate of drug-likeness (QED) is 0.664. The predicted octanol–water partition coefficient (Wildman–Crippen LogP) is 3.96. The van der Waals surface area contributed by atoms with E-state index in [1.54, 1.807) is 0 Å². The molecule has 0 amide bonds. The molecule has 0 radical (unpaired) electrons. The number of rotatable bonds is 2. The van der Waals surface area contributed by atoms with Crippen molar-refractivity contribution in [3.05, 3.63) is 71.3 Å². The fourth-order valence-corrected chi connectivity index (χ4v) is 2.07. The van der Waals surface area contributed by atoms with Crippen molar-refractivity contribution in [2.75, 3.05) is 0 Å². The van der Waals surface area contributed by atoms with E-state index in [-0.39, 0.29) is 0 Å². The third-order valence-electron chi connectivity index (χ3n) is 2.60. The van der Waals surface area contributed by atoms with E-state index >= 15 is 0 Å². The van der Waals surface area contributed by atoms with Crippen LogP contribution >= 0.6 is 9.24 Å². The van der Waals surface area contributed by atoms with E-state index in [1.165, 1.54) is 16.7 Å². The van der Waals surface area contributed by atoms with Gasteiger partial charge in [0.05, 0.1) is 0 Å². The van der Waals surface area contributed by atoms with Gasteiger partial charge in [-0.05, 0) is 18.1 Å². The monoisotopic (exact) mass is 214 g/mol. The minimum absolute atomic E-state index is 0.395. The van der Waals surface area contributed by atoms with Gasteiger partial charge >= 0.3 is 0 Å². The highest BCUT2D eigenvalue weighted by Crippen LogP contribution is 2.30. The van der Waals surface area contributed by atoms with Gasteiger partial charge in [0.1, 0.15) is 0 Å². The Balaban J connectivity index is 2.29. The standard InChI is InChI=1S/C14H15P/c1-11-7-9-13(10-8-11)14(15)12-5-3-2-4-6-12/h2-10,14H,15H2,1H3.